The SMILES string of the molecule is CSc1nc2nc3c(c(-c4ccccc4)c2s1)CCC3. The summed E-state index contributed by atoms with van der Waals surface area (Å²) in [6.07, 6.45) is 5.54. The number of rotatable bonds is 2. The van der Waals surface area contributed by atoms with E-state index in [2.05, 4.69) is 41.6 Å². The van der Waals surface area contributed by atoms with Crippen molar-refractivity contribution in [2.24, 2.45) is 0 Å². The van der Waals surface area contributed by atoms with Crippen LogP contribution in [0.3, 0.4) is 0 Å². The summed E-state index contributed by atoms with van der Waals surface area (Å²) in [5.41, 5.74) is 6.31. The summed E-state index contributed by atoms with van der Waals surface area (Å²) < 4.78 is 2.36. The van der Waals surface area contributed by atoms with E-state index < -0.39 is 0 Å². The summed E-state index contributed by atoms with van der Waals surface area (Å²) in [7, 11) is 0. The van der Waals surface area contributed by atoms with Crippen molar-refractivity contribution in [1.82, 2.24) is 9.97 Å². The topological polar surface area (TPSA) is 25.8 Å². The van der Waals surface area contributed by atoms with Gasteiger partial charge in [0.25, 0.3) is 0 Å². The molecule has 0 saturated carbocycles. The molecule has 0 N–H and O–H groups in total. The van der Waals surface area contributed by atoms with Gasteiger partial charge < -0.3 is 0 Å². The maximum atomic E-state index is 4.80. The van der Waals surface area contributed by atoms with Gasteiger partial charge in [-0.2, -0.15) is 0 Å². The molecule has 1 aliphatic carbocycles. The number of pyridine rings is 1. The zero-order valence-electron chi connectivity index (χ0n) is 11.2. The van der Waals surface area contributed by atoms with Crippen LogP contribution in [0.2, 0.25) is 0 Å². The molecule has 0 unspecified atom stereocenters. The molecular weight excluding hydrogens is 284 g/mol. The monoisotopic (exact) mass is 298 g/mol. The van der Waals surface area contributed by atoms with Crippen molar-refractivity contribution in [1.29, 1.82) is 0 Å². The van der Waals surface area contributed by atoms with E-state index >= 15 is 0 Å². The van der Waals surface area contributed by atoms with E-state index in [1.807, 2.05) is 0 Å². The van der Waals surface area contributed by atoms with E-state index in [-0.39, 0.29) is 0 Å². The molecular formula is C16H14N2S2. The third-order valence-electron chi connectivity index (χ3n) is 3.79. The quantitative estimate of drug-likeness (QED) is 0.648. The molecule has 0 spiro atoms. The van der Waals surface area contributed by atoms with Crippen molar-refractivity contribution in [3.63, 3.8) is 0 Å². The molecule has 0 amide bonds. The largest absolute Gasteiger partial charge is 0.232 e. The highest BCUT2D eigenvalue weighted by Gasteiger charge is 2.22. The lowest BCUT2D eigenvalue weighted by Gasteiger charge is -2.09. The molecule has 100 valence electrons. The van der Waals surface area contributed by atoms with Crippen molar-refractivity contribution in [3.8, 4) is 11.1 Å². The molecule has 2 aromatic heterocycles. The zero-order valence-corrected chi connectivity index (χ0v) is 12.9. The summed E-state index contributed by atoms with van der Waals surface area (Å²) in [6.45, 7) is 0. The second-order valence-corrected chi connectivity index (χ2v) is 7.02. The smallest absolute Gasteiger partial charge is 0.172 e. The Hall–Kier alpha value is -1.39. The molecule has 3 aromatic rings. The highest BCUT2D eigenvalue weighted by atomic mass is 32.2. The number of hydrogen-bond donors (Lipinski definition) is 0. The molecule has 20 heavy (non-hydrogen) atoms. The van der Waals surface area contributed by atoms with Crippen LogP contribution in [0.15, 0.2) is 34.7 Å². The van der Waals surface area contributed by atoms with Gasteiger partial charge in [-0.15, -0.1) is 11.3 Å². The Balaban J connectivity index is 2.08. The van der Waals surface area contributed by atoms with Gasteiger partial charge in [-0.3, -0.25) is 0 Å². The molecule has 4 heteroatoms. The fraction of sp³-hybridized carbons (Fsp3) is 0.250. The van der Waals surface area contributed by atoms with Gasteiger partial charge in [0.1, 0.15) is 0 Å². The van der Waals surface area contributed by atoms with Gasteiger partial charge in [0.05, 0.1) is 4.70 Å². The lowest BCUT2D eigenvalue weighted by Crippen LogP contribution is -1.93. The Morgan fingerprint density at radius 3 is 2.75 bits per heavy atom. The van der Waals surface area contributed by atoms with Crippen molar-refractivity contribution < 1.29 is 0 Å². The maximum Gasteiger partial charge on any atom is 0.172 e. The number of benzene rings is 1. The Bertz CT molecular complexity index is 778. The molecule has 1 aromatic carbocycles. The summed E-state index contributed by atoms with van der Waals surface area (Å²) >= 11 is 3.48. The zero-order chi connectivity index (χ0) is 13.5. The summed E-state index contributed by atoms with van der Waals surface area (Å²) in [4.78, 5) is 9.46. The lowest BCUT2D eigenvalue weighted by atomic mass is 10.00. The molecule has 0 saturated heterocycles. The highest BCUT2D eigenvalue weighted by Crippen LogP contribution is 2.40. The van der Waals surface area contributed by atoms with Crippen LogP contribution in [0.4, 0.5) is 0 Å². The van der Waals surface area contributed by atoms with Crippen molar-refractivity contribution >= 4 is 33.4 Å². The van der Waals surface area contributed by atoms with Crippen molar-refractivity contribution in [2.45, 2.75) is 23.6 Å². The van der Waals surface area contributed by atoms with Gasteiger partial charge >= 0.3 is 0 Å². The molecule has 0 aliphatic heterocycles. The molecule has 2 heterocycles. The highest BCUT2D eigenvalue weighted by molar-refractivity contribution is 8.00. The van der Waals surface area contributed by atoms with E-state index in [9.17, 15) is 0 Å². The predicted octanol–water partition coefficient (Wildman–Crippen LogP) is 4.57. The lowest BCUT2D eigenvalue weighted by molar-refractivity contribution is 0.900. The fourth-order valence-corrected chi connectivity index (χ4v) is 4.51. The normalized spacial score (nSPS) is 13.8. The molecule has 0 atom stereocenters. The molecule has 0 bridgehead atoms. The van der Waals surface area contributed by atoms with Crippen LogP contribution in [-0.4, -0.2) is 16.2 Å². The minimum atomic E-state index is 0.929. The van der Waals surface area contributed by atoms with Crippen LogP contribution in [0.25, 0.3) is 21.5 Å². The molecule has 0 radical (unpaired) electrons. The van der Waals surface area contributed by atoms with Crippen LogP contribution in [-0.2, 0) is 12.8 Å². The van der Waals surface area contributed by atoms with Gasteiger partial charge in [0, 0.05) is 11.3 Å². The summed E-state index contributed by atoms with van der Waals surface area (Å²) in [5.74, 6) is 0. The van der Waals surface area contributed by atoms with Gasteiger partial charge in [-0.25, -0.2) is 9.97 Å². The van der Waals surface area contributed by atoms with Gasteiger partial charge in [-0.05, 0) is 36.6 Å². The van der Waals surface area contributed by atoms with Crippen molar-refractivity contribution in [2.75, 3.05) is 6.26 Å². The molecule has 2 nitrogen and oxygen atoms in total. The van der Waals surface area contributed by atoms with E-state index in [0.29, 0.717) is 0 Å². The number of thiazole rings is 1. The Morgan fingerprint density at radius 2 is 1.95 bits per heavy atom. The third kappa shape index (κ3) is 1.86. The van der Waals surface area contributed by atoms with Crippen LogP contribution in [0.5, 0.6) is 0 Å². The average Bonchev–Trinajstić information content (AvgIpc) is 3.10. The first kappa shape index (κ1) is 12.4. The van der Waals surface area contributed by atoms with Gasteiger partial charge in [0.15, 0.2) is 9.99 Å². The number of thioether (sulfide) groups is 1. The minimum absolute atomic E-state index is 0.929. The van der Waals surface area contributed by atoms with E-state index in [0.717, 1.165) is 22.8 Å². The summed E-state index contributed by atoms with van der Waals surface area (Å²) in [5, 5.41) is 0. The van der Waals surface area contributed by atoms with Crippen LogP contribution in [0.1, 0.15) is 17.7 Å². The van der Waals surface area contributed by atoms with E-state index in [1.165, 1.54) is 33.5 Å². The maximum absolute atomic E-state index is 4.80. The second kappa shape index (κ2) is 4.86. The van der Waals surface area contributed by atoms with E-state index in [4.69, 9.17) is 4.98 Å². The Kier molecular flexibility index (Phi) is 3.00. The number of fused-ring (bicyclic) bond motifs is 2. The van der Waals surface area contributed by atoms with Crippen LogP contribution >= 0.6 is 23.1 Å². The average molecular weight is 298 g/mol. The van der Waals surface area contributed by atoms with Crippen LogP contribution in [0, 0.1) is 0 Å². The third-order valence-corrected chi connectivity index (χ3v) is 5.83. The second-order valence-electron chi connectivity index (χ2n) is 4.97. The molecule has 1 aliphatic rings. The van der Waals surface area contributed by atoms with E-state index in [1.54, 1.807) is 23.1 Å². The van der Waals surface area contributed by atoms with Crippen molar-refractivity contribution in [3.05, 3.63) is 41.6 Å². The minimum Gasteiger partial charge on any atom is -0.232 e. The molecule has 4 rings (SSSR count). The Labute approximate surface area is 126 Å². The van der Waals surface area contributed by atoms with Gasteiger partial charge in [0.2, 0.25) is 0 Å². The number of aromatic nitrogens is 2. The Morgan fingerprint density at radius 1 is 1.10 bits per heavy atom. The molecule has 0 fully saturated rings. The fourth-order valence-electron chi connectivity index (χ4n) is 2.91. The first-order valence-electron chi connectivity index (χ1n) is 6.78. The van der Waals surface area contributed by atoms with Crippen LogP contribution < -0.4 is 0 Å². The number of nitrogens with zero attached hydrogens (tertiary/aromatic N) is 2. The summed E-state index contributed by atoms with van der Waals surface area (Å²) in [6, 6.07) is 10.7. The first-order valence-corrected chi connectivity index (χ1v) is 8.82. The standard InChI is InChI=1S/C16H14N2S2/c1-19-16-18-15-14(20-16)13(10-6-3-2-4-7-10)11-8-5-9-12(11)17-15/h2-4,6-7H,5,8-9H2,1H3. The first-order chi connectivity index (χ1) is 9.86. The predicted molar refractivity (Wildman–Crippen MR) is 86.7 cm³/mol. The number of hydrogen-bond acceptors (Lipinski definition) is 4. The van der Waals surface area contributed by atoms with Gasteiger partial charge in [-0.1, -0.05) is 42.1 Å². The number of aryl methyl sites for hydroxylation is 1.